The normalized spacial score (nSPS) is 12.3. The summed E-state index contributed by atoms with van der Waals surface area (Å²) in [5.74, 6) is -0.660. The van der Waals surface area contributed by atoms with E-state index in [9.17, 15) is 9.59 Å². The number of esters is 2. The summed E-state index contributed by atoms with van der Waals surface area (Å²) in [7, 11) is 0. The Hall–Kier alpha value is -0.860. The molecule has 0 rings (SSSR count). The zero-order chi connectivity index (χ0) is 8.85. The van der Waals surface area contributed by atoms with Crippen molar-refractivity contribution < 1.29 is 14.3 Å². The first-order valence-electron chi connectivity index (χ1n) is 3.77. The van der Waals surface area contributed by atoms with E-state index in [1.165, 1.54) is 6.92 Å². The van der Waals surface area contributed by atoms with Crippen molar-refractivity contribution in [2.45, 2.75) is 33.6 Å². The summed E-state index contributed by atoms with van der Waals surface area (Å²) < 4.78 is 4.34. The molecule has 0 unspecified atom stereocenters. The SMILES string of the molecule is CC[C@H](C)CC(=O)OC(C)=O. The smallest absolute Gasteiger partial charge is 0.313 e. The molecule has 0 bridgehead atoms. The van der Waals surface area contributed by atoms with Crippen LogP contribution < -0.4 is 0 Å². The first-order valence-corrected chi connectivity index (χ1v) is 3.77. The van der Waals surface area contributed by atoms with E-state index < -0.39 is 11.9 Å². The molecule has 0 aliphatic carbocycles. The first-order chi connectivity index (χ1) is 5.06. The largest absolute Gasteiger partial charge is 0.393 e. The molecular formula is C8H14O3. The van der Waals surface area contributed by atoms with Crippen LogP contribution in [0.1, 0.15) is 33.6 Å². The fourth-order valence-electron chi connectivity index (χ4n) is 0.631. The zero-order valence-corrected chi connectivity index (χ0v) is 7.22. The third-order valence-corrected chi connectivity index (χ3v) is 1.47. The first kappa shape index (κ1) is 10.1. The van der Waals surface area contributed by atoms with Crippen LogP contribution in [0.4, 0.5) is 0 Å². The second-order valence-electron chi connectivity index (χ2n) is 2.68. The van der Waals surface area contributed by atoms with E-state index in [-0.39, 0.29) is 0 Å². The second kappa shape index (κ2) is 4.88. The summed E-state index contributed by atoms with van der Waals surface area (Å²) >= 11 is 0. The summed E-state index contributed by atoms with van der Waals surface area (Å²) in [5, 5.41) is 0. The maximum atomic E-state index is 10.8. The molecule has 0 N–H and O–H groups in total. The molecule has 0 saturated carbocycles. The Morgan fingerprint density at radius 2 is 2.00 bits per heavy atom. The van der Waals surface area contributed by atoms with Gasteiger partial charge in [0, 0.05) is 13.3 Å². The minimum Gasteiger partial charge on any atom is -0.393 e. The Balaban J connectivity index is 3.60. The standard InChI is InChI=1S/C8H14O3/c1-4-6(2)5-8(10)11-7(3)9/h6H,4-5H2,1-3H3/t6-/m0/s1. The lowest BCUT2D eigenvalue weighted by atomic mass is 10.1. The molecular weight excluding hydrogens is 144 g/mol. The van der Waals surface area contributed by atoms with Gasteiger partial charge in [0.05, 0.1) is 0 Å². The number of hydrogen-bond donors (Lipinski definition) is 0. The van der Waals surface area contributed by atoms with Gasteiger partial charge in [0.25, 0.3) is 0 Å². The van der Waals surface area contributed by atoms with Gasteiger partial charge in [0.15, 0.2) is 0 Å². The van der Waals surface area contributed by atoms with Gasteiger partial charge in [-0.2, -0.15) is 0 Å². The molecule has 3 heteroatoms. The van der Waals surface area contributed by atoms with E-state index in [0.29, 0.717) is 12.3 Å². The fraction of sp³-hybridized carbons (Fsp3) is 0.750. The Bertz CT molecular complexity index is 151. The van der Waals surface area contributed by atoms with Crippen molar-refractivity contribution in [1.29, 1.82) is 0 Å². The Labute approximate surface area is 66.7 Å². The fourth-order valence-corrected chi connectivity index (χ4v) is 0.631. The van der Waals surface area contributed by atoms with Crippen LogP contribution in [0, 0.1) is 5.92 Å². The highest BCUT2D eigenvalue weighted by Gasteiger charge is 2.09. The van der Waals surface area contributed by atoms with Crippen molar-refractivity contribution in [1.82, 2.24) is 0 Å². The maximum Gasteiger partial charge on any atom is 0.313 e. The molecule has 64 valence electrons. The van der Waals surface area contributed by atoms with Gasteiger partial charge in [-0.3, -0.25) is 9.59 Å². The van der Waals surface area contributed by atoms with Gasteiger partial charge < -0.3 is 4.74 Å². The summed E-state index contributed by atoms with van der Waals surface area (Å²) in [4.78, 5) is 21.1. The molecule has 3 nitrogen and oxygen atoms in total. The molecule has 0 aromatic rings. The number of ether oxygens (including phenoxy) is 1. The summed E-state index contributed by atoms with van der Waals surface area (Å²) in [6.45, 7) is 5.17. The summed E-state index contributed by atoms with van der Waals surface area (Å²) in [5.41, 5.74) is 0. The molecule has 0 amide bonds. The van der Waals surface area contributed by atoms with Crippen LogP contribution in [-0.4, -0.2) is 11.9 Å². The zero-order valence-electron chi connectivity index (χ0n) is 7.22. The van der Waals surface area contributed by atoms with E-state index in [1.807, 2.05) is 13.8 Å². The van der Waals surface area contributed by atoms with Gasteiger partial charge in [-0.15, -0.1) is 0 Å². The van der Waals surface area contributed by atoms with E-state index >= 15 is 0 Å². The Morgan fingerprint density at radius 3 is 2.36 bits per heavy atom. The van der Waals surface area contributed by atoms with Crippen molar-refractivity contribution >= 4 is 11.9 Å². The lowest BCUT2D eigenvalue weighted by molar-refractivity contribution is -0.158. The van der Waals surface area contributed by atoms with Crippen LogP contribution in [0.15, 0.2) is 0 Å². The lowest BCUT2D eigenvalue weighted by Gasteiger charge is -2.05. The molecule has 1 atom stereocenters. The third kappa shape index (κ3) is 5.58. The van der Waals surface area contributed by atoms with Gasteiger partial charge in [0.1, 0.15) is 0 Å². The van der Waals surface area contributed by atoms with Crippen molar-refractivity contribution in [2.24, 2.45) is 5.92 Å². The van der Waals surface area contributed by atoms with Crippen molar-refractivity contribution in [3.05, 3.63) is 0 Å². The van der Waals surface area contributed by atoms with Gasteiger partial charge in [-0.25, -0.2) is 0 Å². The molecule has 0 radical (unpaired) electrons. The Kier molecular flexibility index (Phi) is 4.50. The molecule has 11 heavy (non-hydrogen) atoms. The molecule has 0 fully saturated rings. The predicted octanol–water partition coefficient (Wildman–Crippen LogP) is 1.51. The minimum absolute atomic E-state index is 0.293. The van der Waals surface area contributed by atoms with E-state index in [4.69, 9.17) is 0 Å². The molecule has 0 heterocycles. The summed E-state index contributed by atoms with van der Waals surface area (Å²) in [6.07, 6.45) is 1.25. The van der Waals surface area contributed by atoms with Crippen LogP contribution >= 0.6 is 0 Å². The highest BCUT2D eigenvalue weighted by Crippen LogP contribution is 2.06. The molecule has 0 aliphatic heterocycles. The molecule has 0 aliphatic rings. The van der Waals surface area contributed by atoms with Gasteiger partial charge in [-0.05, 0) is 5.92 Å². The predicted molar refractivity (Wildman–Crippen MR) is 40.8 cm³/mol. The number of carbonyl (C=O) groups is 2. The van der Waals surface area contributed by atoms with Crippen LogP contribution in [-0.2, 0) is 14.3 Å². The van der Waals surface area contributed by atoms with E-state index in [0.717, 1.165) is 6.42 Å². The van der Waals surface area contributed by atoms with Crippen molar-refractivity contribution in [3.8, 4) is 0 Å². The van der Waals surface area contributed by atoms with Gasteiger partial charge in [0.2, 0.25) is 0 Å². The topological polar surface area (TPSA) is 43.4 Å². The van der Waals surface area contributed by atoms with Crippen LogP contribution in [0.5, 0.6) is 0 Å². The van der Waals surface area contributed by atoms with Gasteiger partial charge in [-0.1, -0.05) is 20.3 Å². The minimum atomic E-state index is -0.529. The monoisotopic (exact) mass is 158 g/mol. The highest BCUT2D eigenvalue weighted by molar-refractivity contribution is 5.84. The Morgan fingerprint density at radius 1 is 1.45 bits per heavy atom. The van der Waals surface area contributed by atoms with Crippen LogP contribution in [0.2, 0.25) is 0 Å². The third-order valence-electron chi connectivity index (χ3n) is 1.47. The number of rotatable bonds is 3. The molecule has 0 saturated heterocycles. The highest BCUT2D eigenvalue weighted by atomic mass is 16.6. The average Bonchev–Trinajstić information content (AvgIpc) is 1.85. The summed E-state index contributed by atoms with van der Waals surface area (Å²) in [6, 6.07) is 0. The molecule has 0 aromatic carbocycles. The van der Waals surface area contributed by atoms with E-state index in [2.05, 4.69) is 4.74 Å². The van der Waals surface area contributed by atoms with Gasteiger partial charge >= 0.3 is 11.9 Å². The van der Waals surface area contributed by atoms with Crippen molar-refractivity contribution in [3.63, 3.8) is 0 Å². The second-order valence-corrected chi connectivity index (χ2v) is 2.68. The molecule has 0 spiro atoms. The van der Waals surface area contributed by atoms with Crippen LogP contribution in [0.3, 0.4) is 0 Å². The number of carbonyl (C=O) groups excluding carboxylic acids is 2. The quantitative estimate of drug-likeness (QED) is 0.462. The van der Waals surface area contributed by atoms with Crippen LogP contribution in [0.25, 0.3) is 0 Å². The van der Waals surface area contributed by atoms with Crippen molar-refractivity contribution in [2.75, 3.05) is 0 Å². The lowest BCUT2D eigenvalue weighted by Crippen LogP contribution is -2.12. The average molecular weight is 158 g/mol. The van der Waals surface area contributed by atoms with E-state index in [1.54, 1.807) is 0 Å². The maximum absolute atomic E-state index is 10.8. The number of hydrogen-bond acceptors (Lipinski definition) is 3. The molecule has 0 aromatic heterocycles.